The fourth-order valence-electron chi connectivity index (χ4n) is 3.33. The van der Waals surface area contributed by atoms with Gasteiger partial charge in [-0.15, -0.1) is 0 Å². The Morgan fingerprint density at radius 3 is 2.52 bits per heavy atom. The lowest BCUT2D eigenvalue weighted by molar-refractivity contribution is 0.0946. The molecule has 2 aromatic carbocycles. The predicted molar refractivity (Wildman–Crippen MR) is 113 cm³/mol. The Balaban J connectivity index is 1.64. The third-order valence-corrected chi connectivity index (χ3v) is 7.13. The molecule has 0 atom stereocenters. The van der Waals surface area contributed by atoms with Gasteiger partial charge in [-0.25, -0.2) is 8.42 Å². The molecular weight excluding hydrogens is 388 g/mol. The monoisotopic (exact) mass is 416 g/mol. The number of nitrogens with one attached hydrogen (secondary N) is 1. The van der Waals surface area contributed by atoms with Gasteiger partial charge in [0.05, 0.1) is 11.4 Å². The number of rotatable bonds is 7. The predicted octanol–water partition coefficient (Wildman–Crippen LogP) is 3.22. The maximum absolute atomic E-state index is 13.0. The molecule has 0 aliphatic carbocycles. The maximum Gasteiger partial charge on any atom is 0.251 e. The summed E-state index contributed by atoms with van der Waals surface area (Å²) >= 11 is 0. The first kappa shape index (κ1) is 21.3. The zero-order chi connectivity index (χ0) is 20.9. The fraction of sp³-hybridized carbons (Fsp3) is 0.409. The standard InChI is InChI=1S/C22H28N2O4S/c1-17-10-13-24(14-11-17)29(26,27)20-9-8-18(2)21(16-20)22(25)23-12-15-28-19-6-4-3-5-7-19/h3-9,16-17H,10-15H2,1-2H3,(H,23,25). The van der Waals surface area contributed by atoms with E-state index in [2.05, 4.69) is 12.2 Å². The molecule has 156 valence electrons. The molecule has 0 unspecified atom stereocenters. The van der Waals surface area contributed by atoms with E-state index in [4.69, 9.17) is 4.74 Å². The number of aryl methyl sites for hydroxylation is 1. The minimum Gasteiger partial charge on any atom is -0.492 e. The van der Waals surface area contributed by atoms with Crippen LogP contribution in [-0.2, 0) is 10.0 Å². The molecule has 1 fully saturated rings. The van der Waals surface area contributed by atoms with Crippen molar-refractivity contribution in [2.45, 2.75) is 31.6 Å². The number of sulfonamides is 1. The molecule has 1 aliphatic rings. The van der Waals surface area contributed by atoms with Crippen LogP contribution in [0.4, 0.5) is 0 Å². The third-order valence-electron chi connectivity index (χ3n) is 5.23. The van der Waals surface area contributed by atoms with Gasteiger partial charge in [0.1, 0.15) is 12.4 Å². The smallest absolute Gasteiger partial charge is 0.251 e. The first-order valence-corrected chi connectivity index (χ1v) is 11.4. The molecule has 0 radical (unpaired) electrons. The van der Waals surface area contributed by atoms with Gasteiger partial charge in [-0.05, 0) is 55.5 Å². The van der Waals surface area contributed by atoms with E-state index in [1.165, 1.54) is 10.4 Å². The minimum atomic E-state index is -3.59. The fourth-order valence-corrected chi connectivity index (χ4v) is 4.82. The highest BCUT2D eigenvalue weighted by Gasteiger charge is 2.28. The van der Waals surface area contributed by atoms with Crippen molar-refractivity contribution in [3.63, 3.8) is 0 Å². The first-order valence-electron chi connectivity index (χ1n) is 9.95. The molecule has 29 heavy (non-hydrogen) atoms. The van der Waals surface area contributed by atoms with Crippen LogP contribution in [0, 0.1) is 12.8 Å². The average molecular weight is 417 g/mol. The van der Waals surface area contributed by atoms with Crippen molar-refractivity contribution in [1.82, 2.24) is 9.62 Å². The van der Waals surface area contributed by atoms with Gasteiger partial charge in [-0.1, -0.05) is 31.2 Å². The lowest BCUT2D eigenvalue weighted by atomic mass is 10.0. The van der Waals surface area contributed by atoms with Gasteiger partial charge in [-0.2, -0.15) is 4.31 Å². The van der Waals surface area contributed by atoms with E-state index in [9.17, 15) is 13.2 Å². The Morgan fingerprint density at radius 1 is 1.14 bits per heavy atom. The van der Waals surface area contributed by atoms with Crippen molar-refractivity contribution < 1.29 is 17.9 Å². The summed E-state index contributed by atoms with van der Waals surface area (Å²) in [5, 5.41) is 2.80. The van der Waals surface area contributed by atoms with E-state index >= 15 is 0 Å². The molecule has 1 aliphatic heterocycles. The van der Waals surface area contributed by atoms with E-state index in [1.807, 2.05) is 30.3 Å². The Hall–Kier alpha value is -2.38. The van der Waals surface area contributed by atoms with Crippen LogP contribution < -0.4 is 10.1 Å². The molecule has 1 heterocycles. The number of carbonyl (C=O) groups is 1. The van der Waals surface area contributed by atoms with Crippen molar-refractivity contribution in [2.75, 3.05) is 26.2 Å². The Bertz CT molecular complexity index is 937. The summed E-state index contributed by atoms with van der Waals surface area (Å²) in [5.74, 6) is 0.976. The lowest BCUT2D eigenvalue weighted by Gasteiger charge is -2.29. The number of carbonyl (C=O) groups excluding carboxylic acids is 1. The lowest BCUT2D eigenvalue weighted by Crippen LogP contribution is -2.38. The summed E-state index contributed by atoms with van der Waals surface area (Å²) in [6.07, 6.45) is 1.72. The summed E-state index contributed by atoms with van der Waals surface area (Å²) in [5.41, 5.74) is 1.11. The van der Waals surface area contributed by atoms with Gasteiger partial charge in [0.15, 0.2) is 0 Å². The minimum absolute atomic E-state index is 0.170. The van der Waals surface area contributed by atoms with Crippen LogP contribution in [0.2, 0.25) is 0 Å². The number of ether oxygens (including phenoxy) is 1. The highest BCUT2D eigenvalue weighted by molar-refractivity contribution is 7.89. The number of para-hydroxylation sites is 1. The van der Waals surface area contributed by atoms with Gasteiger partial charge in [0, 0.05) is 18.7 Å². The molecule has 0 aromatic heterocycles. The van der Waals surface area contributed by atoms with Crippen LogP contribution in [0.25, 0.3) is 0 Å². The largest absolute Gasteiger partial charge is 0.492 e. The molecule has 2 aromatic rings. The summed E-state index contributed by atoms with van der Waals surface area (Å²) in [7, 11) is -3.59. The number of nitrogens with zero attached hydrogens (tertiary/aromatic N) is 1. The van der Waals surface area contributed by atoms with E-state index in [0.717, 1.165) is 24.2 Å². The van der Waals surface area contributed by atoms with Crippen molar-refractivity contribution in [3.05, 3.63) is 59.7 Å². The topological polar surface area (TPSA) is 75.7 Å². The van der Waals surface area contributed by atoms with E-state index in [1.54, 1.807) is 19.1 Å². The van der Waals surface area contributed by atoms with Crippen molar-refractivity contribution in [3.8, 4) is 5.75 Å². The molecule has 1 saturated heterocycles. The van der Waals surface area contributed by atoms with Gasteiger partial charge < -0.3 is 10.1 Å². The van der Waals surface area contributed by atoms with Crippen LogP contribution in [0.3, 0.4) is 0 Å². The molecule has 0 bridgehead atoms. The van der Waals surface area contributed by atoms with Crippen molar-refractivity contribution in [1.29, 1.82) is 0 Å². The zero-order valence-corrected chi connectivity index (χ0v) is 17.7. The Kier molecular flexibility index (Phi) is 6.92. The van der Waals surface area contributed by atoms with E-state index in [-0.39, 0.29) is 10.8 Å². The molecule has 6 nitrogen and oxygen atoms in total. The van der Waals surface area contributed by atoms with Gasteiger partial charge >= 0.3 is 0 Å². The number of hydrogen-bond donors (Lipinski definition) is 1. The highest BCUT2D eigenvalue weighted by Crippen LogP contribution is 2.25. The SMILES string of the molecule is Cc1ccc(S(=O)(=O)N2CCC(C)CC2)cc1C(=O)NCCOc1ccccc1. The Morgan fingerprint density at radius 2 is 1.83 bits per heavy atom. The first-order chi connectivity index (χ1) is 13.9. The molecular formula is C22H28N2O4S. The van der Waals surface area contributed by atoms with E-state index < -0.39 is 10.0 Å². The number of hydrogen-bond acceptors (Lipinski definition) is 4. The quantitative estimate of drug-likeness (QED) is 0.703. The second-order valence-electron chi connectivity index (χ2n) is 7.48. The Labute approximate surface area is 172 Å². The van der Waals surface area contributed by atoms with Gasteiger partial charge in [0.25, 0.3) is 5.91 Å². The van der Waals surface area contributed by atoms with Gasteiger partial charge in [0.2, 0.25) is 10.0 Å². The molecule has 0 spiro atoms. The highest BCUT2D eigenvalue weighted by atomic mass is 32.2. The number of amides is 1. The van der Waals surface area contributed by atoms with Crippen LogP contribution in [0.5, 0.6) is 5.75 Å². The van der Waals surface area contributed by atoms with Crippen LogP contribution in [-0.4, -0.2) is 44.9 Å². The summed E-state index contributed by atoms with van der Waals surface area (Å²) in [4.78, 5) is 12.8. The summed E-state index contributed by atoms with van der Waals surface area (Å²) in [6.45, 7) is 5.65. The second-order valence-corrected chi connectivity index (χ2v) is 9.42. The molecule has 1 N–H and O–H groups in total. The maximum atomic E-state index is 13.0. The number of piperidine rings is 1. The van der Waals surface area contributed by atoms with Crippen LogP contribution >= 0.6 is 0 Å². The van der Waals surface area contributed by atoms with E-state index in [0.29, 0.717) is 37.7 Å². The van der Waals surface area contributed by atoms with Crippen molar-refractivity contribution >= 4 is 15.9 Å². The summed E-state index contributed by atoms with van der Waals surface area (Å²) in [6, 6.07) is 14.1. The van der Waals surface area contributed by atoms with Gasteiger partial charge in [-0.3, -0.25) is 4.79 Å². The van der Waals surface area contributed by atoms with Crippen molar-refractivity contribution in [2.24, 2.45) is 5.92 Å². The molecule has 3 rings (SSSR count). The summed E-state index contributed by atoms with van der Waals surface area (Å²) < 4.78 is 33.0. The average Bonchev–Trinajstić information content (AvgIpc) is 2.72. The molecule has 7 heteroatoms. The zero-order valence-electron chi connectivity index (χ0n) is 16.9. The van der Waals surface area contributed by atoms with Crippen LogP contribution in [0.1, 0.15) is 35.7 Å². The third kappa shape index (κ3) is 5.36. The molecule has 1 amide bonds. The number of benzene rings is 2. The van der Waals surface area contributed by atoms with Crippen LogP contribution in [0.15, 0.2) is 53.4 Å². The second kappa shape index (κ2) is 9.41. The molecule has 0 saturated carbocycles. The normalized spacial score (nSPS) is 15.8.